The molecule has 0 aliphatic heterocycles. The van der Waals surface area contributed by atoms with Crippen LogP contribution < -0.4 is 0 Å². The number of Topliss-reactive ketones (excluding diaryl/α,β-unsaturated/α-hetero) is 2. The second kappa shape index (κ2) is 23.9. The Bertz CT molecular complexity index is 2800. The number of carbonyl (C=O) groups is 2. The Morgan fingerprint density at radius 3 is 0.414 bits per heavy atom. The van der Waals surface area contributed by atoms with E-state index in [4.69, 9.17) is 34.8 Å². The monoisotopic (exact) mass is 1580 g/mol. The van der Waals surface area contributed by atoms with Crippen molar-refractivity contribution in [3.8, 4) is 0 Å². The fourth-order valence-electron chi connectivity index (χ4n) is 12.6. The highest BCUT2D eigenvalue weighted by molar-refractivity contribution is 6.30. The normalized spacial score (nSPS) is 18.3. The molecule has 1 unspecified atom stereocenters. The minimum absolute atomic E-state index is 0.221. The molecule has 0 saturated heterocycles. The van der Waals surface area contributed by atoms with E-state index in [1.807, 2.05) is 0 Å². The standard InChI is InChI=1S/C60H81Cl3F34O2/c1-30(2,28(98)32(5,6)36(13,14)45(64,65)47(68,69)49(72,73)51(76,77)53(80,81)55(84,85)57(88,89)59(92,93)94)34(9,10)38(17,18)42(25,61)40(21,22)44(27,63)41(23,24)43(26,62)39(19,20)35(11,12)31(3,4)29(99)33(7,8)37(15,16)46(66,67)48(70,71)50(74,75)52(78,79)54(82,83)56(86,87)58(90,91)60(95,96)97/h1-27H3/t42-,43+,44?. The third kappa shape index (κ3) is 11.3. The van der Waals surface area contributed by atoms with Crippen molar-refractivity contribution in [3.63, 3.8) is 0 Å². The van der Waals surface area contributed by atoms with Crippen LogP contribution in [0.5, 0.6) is 0 Å². The fourth-order valence-corrected chi connectivity index (χ4v) is 13.9. The molecule has 99 heavy (non-hydrogen) atoms. The van der Waals surface area contributed by atoms with Crippen molar-refractivity contribution >= 4 is 46.4 Å². The summed E-state index contributed by atoms with van der Waals surface area (Å²) in [6, 6.07) is 0. The fraction of sp³-hybridized carbons (Fsp3) is 0.967. The summed E-state index contributed by atoms with van der Waals surface area (Å²) in [6.45, 7) is 22.7. The van der Waals surface area contributed by atoms with Crippen molar-refractivity contribution in [1.82, 2.24) is 0 Å². The first-order valence-electron chi connectivity index (χ1n) is 28.9. The molecule has 0 rings (SSSR count). The topological polar surface area (TPSA) is 34.1 Å². The number of alkyl halides is 37. The number of hydrogen-bond donors (Lipinski definition) is 0. The first kappa shape index (κ1) is 96.8. The van der Waals surface area contributed by atoms with Crippen LogP contribution in [0.25, 0.3) is 0 Å². The van der Waals surface area contributed by atoms with Gasteiger partial charge in [0.15, 0.2) is 0 Å². The van der Waals surface area contributed by atoms with E-state index >= 15 is 62.3 Å². The zero-order valence-electron chi connectivity index (χ0n) is 58.3. The number of ketones is 2. The third-order valence-corrected chi connectivity index (χ3v) is 28.5. The predicted molar refractivity (Wildman–Crippen MR) is 300 cm³/mol. The molecule has 0 aliphatic rings. The Hall–Kier alpha value is -2.17. The molecule has 592 valence electrons. The van der Waals surface area contributed by atoms with E-state index in [1.165, 1.54) is 76.2 Å². The first-order chi connectivity index (χ1) is 41.3. The van der Waals surface area contributed by atoms with Crippen molar-refractivity contribution in [2.24, 2.45) is 65.0 Å². The molecule has 0 aromatic rings. The molecule has 0 spiro atoms. The van der Waals surface area contributed by atoms with Crippen LogP contribution in [0.1, 0.15) is 187 Å². The van der Waals surface area contributed by atoms with E-state index in [0.29, 0.717) is 27.7 Å². The van der Waals surface area contributed by atoms with E-state index in [1.54, 1.807) is 0 Å². The van der Waals surface area contributed by atoms with Crippen molar-refractivity contribution in [3.05, 3.63) is 0 Å². The lowest BCUT2D eigenvalue weighted by molar-refractivity contribution is -0.466. The molecule has 39 heteroatoms. The van der Waals surface area contributed by atoms with Crippen LogP contribution in [-0.4, -0.2) is 121 Å². The van der Waals surface area contributed by atoms with Gasteiger partial charge in [-0.2, -0.15) is 149 Å². The maximum Gasteiger partial charge on any atom is 0.460 e. The van der Waals surface area contributed by atoms with Crippen LogP contribution in [0.15, 0.2) is 0 Å². The highest BCUT2D eigenvalue weighted by Crippen LogP contribution is 2.76. The average Bonchev–Trinajstić information content (AvgIpc) is 0.689. The third-order valence-electron chi connectivity index (χ3n) is 25.7. The second-order valence-corrected chi connectivity index (χ2v) is 34.5. The zero-order chi connectivity index (χ0) is 82.7. The average molecular weight is 1590 g/mol. The molecule has 3 atom stereocenters. The van der Waals surface area contributed by atoms with Gasteiger partial charge in [0.05, 0.1) is 14.6 Å². The molecule has 0 saturated carbocycles. The molecule has 0 aliphatic carbocycles. The minimum Gasteiger partial charge on any atom is -0.298 e. The summed E-state index contributed by atoms with van der Waals surface area (Å²) in [4.78, 5) is 23.8. The first-order valence-corrected chi connectivity index (χ1v) is 30.0. The molecule has 0 aromatic carbocycles. The van der Waals surface area contributed by atoms with Crippen LogP contribution in [0, 0.1) is 65.0 Å². The Balaban J connectivity index is 8.27. The van der Waals surface area contributed by atoms with Crippen molar-refractivity contribution in [2.45, 2.75) is 297 Å². The lowest BCUT2D eigenvalue weighted by Crippen LogP contribution is -2.76. The predicted octanol–water partition coefficient (Wildman–Crippen LogP) is 25.5. The van der Waals surface area contributed by atoms with Crippen molar-refractivity contribution in [1.29, 1.82) is 0 Å². The number of carbonyl (C=O) groups excluding carboxylic acids is 2. The summed E-state index contributed by atoms with van der Waals surface area (Å²) in [5.74, 6) is -122. The van der Waals surface area contributed by atoms with Crippen LogP contribution in [0.4, 0.5) is 149 Å². The molecule has 0 fully saturated rings. The summed E-state index contributed by atoms with van der Waals surface area (Å²) in [7, 11) is 0. The number of hydrogen-bond acceptors (Lipinski definition) is 2. The minimum atomic E-state index is -8.96. The lowest BCUT2D eigenvalue weighted by atomic mass is 9.40. The van der Waals surface area contributed by atoms with Crippen LogP contribution >= 0.6 is 34.8 Å². The maximum absolute atomic E-state index is 16.5. The summed E-state index contributed by atoms with van der Waals surface area (Å²) in [5, 5.41) is 0. The van der Waals surface area contributed by atoms with E-state index in [2.05, 4.69) is 0 Å². The van der Waals surface area contributed by atoms with E-state index in [-0.39, 0.29) is 27.7 Å². The van der Waals surface area contributed by atoms with Crippen LogP contribution in [0.3, 0.4) is 0 Å². The second-order valence-electron chi connectivity index (χ2n) is 32.2. The Kier molecular flexibility index (Phi) is 23.4. The van der Waals surface area contributed by atoms with Gasteiger partial charge in [0, 0.05) is 43.3 Å². The summed E-state index contributed by atoms with van der Waals surface area (Å²) >= 11 is 23.1. The summed E-state index contributed by atoms with van der Waals surface area (Å²) < 4.78 is 495. The molecule has 0 bridgehead atoms. The van der Waals surface area contributed by atoms with Gasteiger partial charge in [-0.1, -0.05) is 166 Å². The number of rotatable bonds is 30. The van der Waals surface area contributed by atoms with Crippen molar-refractivity contribution < 1.29 is 159 Å². The molecule has 0 heterocycles. The Morgan fingerprint density at radius 1 is 0.162 bits per heavy atom. The lowest BCUT2D eigenvalue weighted by Gasteiger charge is -2.69. The SMILES string of the molecule is CC(C)(C(=O)C(C)(C)C(C)(C)C(C)(C)[C@](C)(Cl)C(C)(C)C(C)(Cl)C(C)(C)[C@](C)(Cl)C(C)(C)C(C)(C)C(C)(C)C(=O)C(C)(C)C(C)(C)C(F)(F)C(F)(F)C(F)(F)C(F)(F)C(F)(F)C(F)(F)C(F)(F)C(F)(F)F)C(C)(C)C(F)(F)C(F)(F)C(F)(F)C(F)(F)C(F)(F)C(F)(F)C(F)(F)C(F)(F)F. The highest BCUT2D eigenvalue weighted by atomic mass is 35.5. The van der Waals surface area contributed by atoms with E-state index < -0.39 is 186 Å². The van der Waals surface area contributed by atoms with Gasteiger partial charge in [0.1, 0.15) is 11.6 Å². The highest BCUT2D eigenvalue weighted by Gasteiger charge is 2.98. The molecule has 0 N–H and O–H groups in total. The molecular formula is C60H81Cl3F34O2. The van der Waals surface area contributed by atoms with Gasteiger partial charge in [-0.15, -0.1) is 34.8 Å². The van der Waals surface area contributed by atoms with Gasteiger partial charge in [-0.05, 0) is 42.4 Å². The van der Waals surface area contributed by atoms with Crippen molar-refractivity contribution in [2.75, 3.05) is 0 Å². The number of halogens is 37. The van der Waals surface area contributed by atoms with Gasteiger partial charge < -0.3 is 0 Å². The Morgan fingerprint density at radius 2 is 0.273 bits per heavy atom. The molecular weight excluding hydrogens is 1500 g/mol. The quantitative estimate of drug-likeness (QED) is 0.0531. The zero-order valence-corrected chi connectivity index (χ0v) is 60.6. The van der Waals surface area contributed by atoms with Gasteiger partial charge in [-0.3, -0.25) is 9.59 Å². The molecule has 0 amide bonds. The summed E-state index contributed by atoms with van der Waals surface area (Å²) in [5.41, 5.74) is -32.5. The van der Waals surface area contributed by atoms with Gasteiger partial charge >= 0.3 is 95.3 Å². The Labute approximate surface area is 565 Å². The van der Waals surface area contributed by atoms with Crippen LogP contribution in [-0.2, 0) is 9.59 Å². The van der Waals surface area contributed by atoms with E-state index in [0.717, 1.165) is 55.4 Å². The van der Waals surface area contributed by atoms with E-state index in [9.17, 15) is 96.6 Å². The maximum atomic E-state index is 16.5. The molecule has 2 nitrogen and oxygen atoms in total. The van der Waals surface area contributed by atoms with Gasteiger partial charge in [0.2, 0.25) is 0 Å². The van der Waals surface area contributed by atoms with Crippen LogP contribution in [0.2, 0.25) is 0 Å². The molecule has 0 radical (unpaired) electrons. The van der Waals surface area contributed by atoms with Gasteiger partial charge in [-0.25, -0.2) is 0 Å². The molecule has 0 aromatic heterocycles. The smallest absolute Gasteiger partial charge is 0.298 e. The van der Waals surface area contributed by atoms with Gasteiger partial charge in [0.25, 0.3) is 0 Å². The largest absolute Gasteiger partial charge is 0.460 e. The summed E-state index contributed by atoms with van der Waals surface area (Å²) in [6.07, 6.45) is -16.0.